The fourth-order valence-electron chi connectivity index (χ4n) is 2.44. The largest absolute Gasteiger partial charge is 0.374 e. The molecule has 0 amide bonds. The van der Waals surface area contributed by atoms with Gasteiger partial charge in [-0.25, -0.2) is 4.39 Å². The van der Waals surface area contributed by atoms with Crippen LogP contribution in [0, 0.1) is 5.82 Å². The maximum absolute atomic E-state index is 13.6. The number of morpholine rings is 1. The van der Waals surface area contributed by atoms with E-state index in [4.69, 9.17) is 4.74 Å². The van der Waals surface area contributed by atoms with E-state index in [0.29, 0.717) is 5.56 Å². The topological polar surface area (TPSA) is 24.5 Å². The van der Waals surface area contributed by atoms with E-state index in [2.05, 4.69) is 17.1 Å². The molecule has 1 N–H and O–H groups in total. The molecular formula is C15H23FN2O. The van der Waals surface area contributed by atoms with Crippen molar-refractivity contribution in [2.24, 2.45) is 0 Å². The lowest BCUT2D eigenvalue weighted by Gasteiger charge is -2.32. The first kappa shape index (κ1) is 14.4. The summed E-state index contributed by atoms with van der Waals surface area (Å²) in [5, 5.41) is 3.36. The van der Waals surface area contributed by atoms with Crippen molar-refractivity contribution in [3.05, 3.63) is 35.6 Å². The molecule has 1 aliphatic rings. The second kappa shape index (κ2) is 6.98. The van der Waals surface area contributed by atoms with Gasteiger partial charge in [-0.2, -0.15) is 0 Å². The summed E-state index contributed by atoms with van der Waals surface area (Å²) in [7, 11) is 0. The second-order valence-corrected chi connectivity index (χ2v) is 5.04. The third-order valence-electron chi connectivity index (χ3n) is 3.69. The van der Waals surface area contributed by atoms with Crippen molar-refractivity contribution in [3.8, 4) is 0 Å². The average Bonchev–Trinajstić information content (AvgIpc) is 2.45. The van der Waals surface area contributed by atoms with Crippen LogP contribution in [-0.4, -0.2) is 43.8 Å². The summed E-state index contributed by atoms with van der Waals surface area (Å²) in [5.74, 6) is -0.151. The van der Waals surface area contributed by atoms with Gasteiger partial charge in [0, 0.05) is 31.2 Å². The molecule has 1 saturated heterocycles. The minimum Gasteiger partial charge on any atom is -0.374 e. The Kier molecular flexibility index (Phi) is 5.31. The van der Waals surface area contributed by atoms with Crippen LogP contribution in [0.15, 0.2) is 24.3 Å². The first-order valence-corrected chi connectivity index (χ1v) is 7.02. The zero-order valence-electron chi connectivity index (χ0n) is 11.7. The smallest absolute Gasteiger partial charge is 0.127 e. The molecular weight excluding hydrogens is 243 g/mol. The molecule has 1 aromatic rings. The molecule has 1 fully saturated rings. The normalized spacial score (nSPS) is 22.4. The highest BCUT2D eigenvalue weighted by Gasteiger charge is 2.20. The first-order valence-electron chi connectivity index (χ1n) is 7.02. The molecule has 0 bridgehead atoms. The molecule has 1 aromatic carbocycles. The van der Waals surface area contributed by atoms with Crippen LogP contribution >= 0.6 is 0 Å². The maximum atomic E-state index is 13.6. The van der Waals surface area contributed by atoms with Gasteiger partial charge < -0.3 is 10.1 Å². The van der Waals surface area contributed by atoms with Gasteiger partial charge in [-0.1, -0.05) is 25.1 Å². The highest BCUT2D eigenvalue weighted by atomic mass is 19.1. The molecule has 2 rings (SSSR count). The summed E-state index contributed by atoms with van der Waals surface area (Å²) in [4.78, 5) is 2.38. The average molecular weight is 266 g/mol. The van der Waals surface area contributed by atoms with E-state index in [-0.39, 0.29) is 18.0 Å². The van der Waals surface area contributed by atoms with Crippen LogP contribution in [0.2, 0.25) is 0 Å². The number of nitrogens with one attached hydrogen (secondary N) is 1. The monoisotopic (exact) mass is 266 g/mol. The summed E-state index contributed by atoms with van der Waals surface area (Å²) in [6.07, 6.45) is 0.197. The van der Waals surface area contributed by atoms with Crippen molar-refractivity contribution in [1.29, 1.82) is 0 Å². The molecule has 3 nitrogen and oxygen atoms in total. The van der Waals surface area contributed by atoms with E-state index in [9.17, 15) is 4.39 Å². The Morgan fingerprint density at radius 3 is 3.00 bits per heavy atom. The predicted octanol–water partition coefficient (Wildman–Crippen LogP) is 2.20. The molecule has 1 heterocycles. The zero-order chi connectivity index (χ0) is 13.7. The van der Waals surface area contributed by atoms with Crippen LogP contribution in [-0.2, 0) is 4.74 Å². The summed E-state index contributed by atoms with van der Waals surface area (Å²) >= 11 is 0. The molecule has 1 aliphatic heterocycles. The number of ether oxygens (including phenoxy) is 1. The predicted molar refractivity (Wildman–Crippen MR) is 74.7 cm³/mol. The Bertz CT molecular complexity index is 399. The number of likely N-dealkylation sites (N-methyl/N-ethyl adjacent to an activating group) is 1. The fourth-order valence-corrected chi connectivity index (χ4v) is 2.44. The van der Waals surface area contributed by atoms with Gasteiger partial charge >= 0.3 is 0 Å². The Morgan fingerprint density at radius 2 is 2.26 bits per heavy atom. The number of benzene rings is 1. The van der Waals surface area contributed by atoms with Gasteiger partial charge in [0.15, 0.2) is 0 Å². The van der Waals surface area contributed by atoms with Crippen molar-refractivity contribution in [1.82, 2.24) is 10.2 Å². The molecule has 0 radical (unpaired) electrons. The Morgan fingerprint density at radius 1 is 1.47 bits per heavy atom. The van der Waals surface area contributed by atoms with Crippen molar-refractivity contribution in [2.45, 2.75) is 26.0 Å². The van der Waals surface area contributed by atoms with Gasteiger partial charge in [0.2, 0.25) is 0 Å². The third kappa shape index (κ3) is 4.00. The van der Waals surface area contributed by atoms with Crippen molar-refractivity contribution in [2.75, 3.05) is 32.8 Å². The summed E-state index contributed by atoms with van der Waals surface area (Å²) in [6.45, 7) is 8.71. The van der Waals surface area contributed by atoms with Crippen LogP contribution in [0.1, 0.15) is 25.5 Å². The Balaban J connectivity index is 1.83. The number of hydrogen-bond donors (Lipinski definition) is 1. The zero-order valence-corrected chi connectivity index (χ0v) is 11.7. The molecule has 0 aliphatic carbocycles. The van der Waals surface area contributed by atoms with Crippen LogP contribution < -0.4 is 5.32 Å². The quantitative estimate of drug-likeness (QED) is 0.884. The number of halogens is 1. The van der Waals surface area contributed by atoms with Gasteiger partial charge in [0.25, 0.3) is 0 Å². The van der Waals surface area contributed by atoms with Gasteiger partial charge in [0.1, 0.15) is 5.82 Å². The highest BCUT2D eigenvalue weighted by molar-refractivity contribution is 5.20. The summed E-state index contributed by atoms with van der Waals surface area (Å²) < 4.78 is 19.4. The minimum atomic E-state index is -0.151. The van der Waals surface area contributed by atoms with Crippen LogP contribution in [0.3, 0.4) is 0 Å². The molecule has 4 heteroatoms. The van der Waals surface area contributed by atoms with E-state index in [0.717, 1.165) is 32.8 Å². The summed E-state index contributed by atoms with van der Waals surface area (Å²) in [6, 6.07) is 6.92. The number of rotatable bonds is 5. The molecule has 0 spiro atoms. The van der Waals surface area contributed by atoms with Crippen molar-refractivity contribution in [3.63, 3.8) is 0 Å². The van der Waals surface area contributed by atoms with Gasteiger partial charge in [-0.15, -0.1) is 0 Å². The van der Waals surface area contributed by atoms with Crippen LogP contribution in [0.4, 0.5) is 4.39 Å². The van der Waals surface area contributed by atoms with Crippen LogP contribution in [0.25, 0.3) is 0 Å². The SMILES string of the molecule is CCN1CCOC(CNC(C)c2ccccc2F)C1. The van der Waals surface area contributed by atoms with E-state index in [1.165, 1.54) is 6.07 Å². The number of hydrogen-bond acceptors (Lipinski definition) is 3. The third-order valence-corrected chi connectivity index (χ3v) is 3.69. The Hall–Kier alpha value is -0.970. The lowest BCUT2D eigenvalue weighted by Crippen LogP contribution is -2.46. The van der Waals surface area contributed by atoms with Crippen molar-refractivity contribution < 1.29 is 9.13 Å². The lowest BCUT2D eigenvalue weighted by atomic mass is 10.1. The van der Waals surface area contributed by atoms with E-state index >= 15 is 0 Å². The van der Waals surface area contributed by atoms with Crippen molar-refractivity contribution >= 4 is 0 Å². The molecule has 0 saturated carbocycles. The fraction of sp³-hybridized carbons (Fsp3) is 0.600. The lowest BCUT2D eigenvalue weighted by molar-refractivity contribution is -0.0262. The standard InChI is InChI=1S/C15H23FN2O/c1-3-18-8-9-19-13(11-18)10-17-12(2)14-6-4-5-7-15(14)16/h4-7,12-13,17H,3,8-11H2,1-2H3. The minimum absolute atomic E-state index is 0.00167. The first-order chi connectivity index (χ1) is 9.20. The van der Waals surface area contributed by atoms with Gasteiger partial charge in [0.05, 0.1) is 12.7 Å². The number of nitrogens with zero attached hydrogens (tertiary/aromatic N) is 1. The molecule has 0 aromatic heterocycles. The second-order valence-electron chi connectivity index (χ2n) is 5.04. The Labute approximate surface area is 114 Å². The molecule has 19 heavy (non-hydrogen) atoms. The molecule has 106 valence electrons. The molecule has 2 atom stereocenters. The highest BCUT2D eigenvalue weighted by Crippen LogP contribution is 2.16. The van der Waals surface area contributed by atoms with Gasteiger partial charge in [-0.3, -0.25) is 4.90 Å². The van der Waals surface area contributed by atoms with Gasteiger partial charge in [-0.05, 0) is 19.5 Å². The van der Waals surface area contributed by atoms with Crippen LogP contribution in [0.5, 0.6) is 0 Å². The van der Waals surface area contributed by atoms with E-state index in [1.807, 2.05) is 19.1 Å². The maximum Gasteiger partial charge on any atom is 0.127 e. The van der Waals surface area contributed by atoms with E-state index < -0.39 is 0 Å². The summed E-state index contributed by atoms with van der Waals surface area (Å²) in [5.41, 5.74) is 0.714. The van der Waals surface area contributed by atoms with E-state index in [1.54, 1.807) is 6.07 Å². The molecule has 2 unspecified atom stereocenters.